The molecule has 6 rings (SSSR count). The predicted molar refractivity (Wildman–Crippen MR) is 218 cm³/mol. The molecule has 2 atom stereocenters. The standard InChI is InChI=1S/C44H48F4N6O9/c1-43(2)26-53(42(59)38(43)63-30-11-9-27(24-49)32(23-30)44(46,47)48)25-28-8-10-29(22-33(28)45)50-14-18-62-21-20-61-17-4-3-16-60-19-15-51-34-7-5-6-31-37(34)41(58)54(40(31)57)35-12-13-36(55)52-39(35)56/h5-11,22-23,35,38,50-51H,3-4,12-21,25-26H2,1-2H3,(H,52,55,56). The molecule has 0 aliphatic carbocycles. The summed E-state index contributed by atoms with van der Waals surface area (Å²) in [6, 6.07) is 12.8. The summed E-state index contributed by atoms with van der Waals surface area (Å²) in [5.74, 6) is -3.48. The fourth-order valence-corrected chi connectivity index (χ4v) is 7.57. The number of amides is 5. The Kier molecular flexibility index (Phi) is 15.0. The molecule has 3 aliphatic rings. The SMILES string of the molecule is CC1(C)CN(Cc2ccc(NCCOCCOCCCCOCCNc3cccc4c3C(=O)N(C3CCC(=O)NC3=O)C4=O)cc2F)C(=O)C1Oc1ccc(C#N)c(C(F)(F)F)c1. The maximum Gasteiger partial charge on any atom is 0.417 e. The average molecular weight is 881 g/mol. The number of likely N-dealkylation sites (tertiary alicyclic amines) is 1. The molecule has 2 unspecified atom stereocenters. The number of ether oxygens (including phenoxy) is 4. The number of nitriles is 1. The molecule has 0 spiro atoms. The highest BCUT2D eigenvalue weighted by Gasteiger charge is 2.49. The zero-order chi connectivity index (χ0) is 45.3. The number of hydrogen-bond acceptors (Lipinski definition) is 12. The van der Waals surface area contributed by atoms with Gasteiger partial charge in [0.2, 0.25) is 11.8 Å². The lowest BCUT2D eigenvalue weighted by molar-refractivity contribution is -0.138. The first-order valence-corrected chi connectivity index (χ1v) is 20.5. The number of piperidine rings is 1. The van der Waals surface area contributed by atoms with E-state index in [2.05, 4.69) is 16.0 Å². The fraction of sp³-hybridized carbons (Fsp3) is 0.455. The molecule has 2 fully saturated rings. The Morgan fingerprint density at radius 1 is 0.873 bits per heavy atom. The molecule has 0 bridgehead atoms. The number of nitrogens with zero attached hydrogens (tertiary/aromatic N) is 3. The van der Waals surface area contributed by atoms with E-state index >= 15 is 4.39 Å². The smallest absolute Gasteiger partial charge is 0.417 e. The summed E-state index contributed by atoms with van der Waals surface area (Å²) in [7, 11) is 0. The Morgan fingerprint density at radius 3 is 2.25 bits per heavy atom. The van der Waals surface area contributed by atoms with Gasteiger partial charge in [-0.05, 0) is 61.7 Å². The molecule has 3 heterocycles. The zero-order valence-electron chi connectivity index (χ0n) is 34.8. The molecule has 3 N–H and O–H groups in total. The number of hydrogen-bond donors (Lipinski definition) is 3. The summed E-state index contributed by atoms with van der Waals surface area (Å²) in [6.07, 6.45) is -4.26. The van der Waals surface area contributed by atoms with Gasteiger partial charge in [0.05, 0.1) is 54.8 Å². The molecule has 0 saturated carbocycles. The van der Waals surface area contributed by atoms with Crippen LogP contribution in [0.3, 0.4) is 0 Å². The van der Waals surface area contributed by atoms with Gasteiger partial charge in [-0.1, -0.05) is 26.0 Å². The lowest BCUT2D eigenvalue weighted by Crippen LogP contribution is -2.54. The summed E-state index contributed by atoms with van der Waals surface area (Å²) in [5, 5.41) is 17.5. The molecular formula is C44H48F4N6O9. The van der Waals surface area contributed by atoms with E-state index in [0.717, 1.165) is 23.8 Å². The lowest BCUT2D eigenvalue weighted by Gasteiger charge is -2.27. The highest BCUT2D eigenvalue weighted by Crippen LogP contribution is 2.39. The van der Waals surface area contributed by atoms with Crippen molar-refractivity contribution in [2.24, 2.45) is 5.41 Å². The summed E-state index contributed by atoms with van der Waals surface area (Å²) >= 11 is 0. The molecule has 3 aromatic carbocycles. The monoisotopic (exact) mass is 880 g/mol. The molecule has 3 aromatic rings. The number of imide groups is 2. The minimum atomic E-state index is -4.78. The van der Waals surface area contributed by atoms with Crippen LogP contribution in [0.5, 0.6) is 5.75 Å². The van der Waals surface area contributed by atoms with Crippen molar-refractivity contribution >= 4 is 40.9 Å². The van der Waals surface area contributed by atoms with Gasteiger partial charge in [0.1, 0.15) is 17.6 Å². The zero-order valence-corrected chi connectivity index (χ0v) is 34.8. The summed E-state index contributed by atoms with van der Waals surface area (Å²) in [4.78, 5) is 65.8. The van der Waals surface area contributed by atoms with E-state index in [-0.39, 0.29) is 48.4 Å². The van der Waals surface area contributed by atoms with E-state index in [1.54, 1.807) is 38.1 Å². The third-order valence-electron chi connectivity index (χ3n) is 10.7. The van der Waals surface area contributed by atoms with Gasteiger partial charge in [-0.15, -0.1) is 0 Å². The molecule has 63 heavy (non-hydrogen) atoms. The number of fused-ring (bicyclic) bond motifs is 1. The molecule has 15 nitrogen and oxygen atoms in total. The van der Waals surface area contributed by atoms with Crippen LogP contribution in [0.1, 0.15) is 76.9 Å². The number of nitrogens with one attached hydrogen (secondary N) is 3. The first-order chi connectivity index (χ1) is 30.1. The van der Waals surface area contributed by atoms with Crippen molar-refractivity contribution in [2.45, 2.75) is 64.4 Å². The summed E-state index contributed by atoms with van der Waals surface area (Å²) < 4.78 is 78.3. The van der Waals surface area contributed by atoms with Gasteiger partial charge in [-0.25, -0.2) is 4.39 Å². The van der Waals surface area contributed by atoms with Crippen molar-refractivity contribution in [3.63, 3.8) is 0 Å². The second-order valence-electron chi connectivity index (χ2n) is 15.9. The van der Waals surface area contributed by atoms with E-state index in [9.17, 15) is 37.1 Å². The van der Waals surface area contributed by atoms with Crippen molar-refractivity contribution in [3.8, 4) is 11.8 Å². The van der Waals surface area contributed by atoms with E-state index in [4.69, 9.17) is 24.2 Å². The van der Waals surface area contributed by atoms with Crippen molar-refractivity contribution in [2.75, 3.05) is 69.9 Å². The normalized spacial score (nSPS) is 18.4. The van der Waals surface area contributed by atoms with Gasteiger partial charge in [0.25, 0.3) is 17.7 Å². The van der Waals surface area contributed by atoms with E-state index in [1.807, 2.05) is 0 Å². The van der Waals surface area contributed by atoms with Crippen LogP contribution in [-0.4, -0.2) is 111 Å². The molecule has 2 saturated heterocycles. The van der Waals surface area contributed by atoms with Crippen molar-refractivity contribution in [1.82, 2.24) is 15.1 Å². The minimum Gasteiger partial charge on any atom is -0.480 e. The largest absolute Gasteiger partial charge is 0.480 e. The maximum absolute atomic E-state index is 15.1. The third-order valence-corrected chi connectivity index (χ3v) is 10.7. The van der Waals surface area contributed by atoms with Crippen molar-refractivity contribution in [3.05, 3.63) is 88.2 Å². The van der Waals surface area contributed by atoms with Crippen LogP contribution in [-0.2, 0) is 41.3 Å². The second kappa shape index (κ2) is 20.4. The number of alkyl halides is 3. The van der Waals surface area contributed by atoms with Crippen molar-refractivity contribution in [1.29, 1.82) is 5.26 Å². The van der Waals surface area contributed by atoms with Crippen LogP contribution in [0.4, 0.5) is 28.9 Å². The minimum absolute atomic E-state index is 0.0447. The van der Waals surface area contributed by atoms with Crippen molar-refractivity contribution < 1.29 is 60.5 Å². The Hall–Kier alpha value is -6.10. The molecule has 5 amide bonds. The third kappa shape index (κ3) is 11.3. The van der Waals surface area contributed by atoms with Crippen LogP contribution in [0.2, 0.25) is 0 Å². The van der Waals surface area contributed by atoms with E-state index < -0.39 is 70.2 Å². The van der Waals surface area contributed by atoms with Crippen LogP contribution >= 0.6 is 0 Å². The number of anilines is 2. The Balaban J connectivity index is 0.806. The molecule has 336 valence electrons. The van der Waals surface area contributed by atoms with Gasteiger partial charge >= 0.3 is 6.18 Å². The van der Waals surface area contributed by atoms with E-state index in [0.29, 0.717) is 70.2 Å². The molecule has 3 aliphatic heterocycles. The van der Waals surface area contributed by atoms with Gasteiger partial charge in [-0.2, -0.15) is 18.4 Å². The average Bonchev–Trinajstić information content (AvgIpc) is 3.62. The van der Waals surface area contributed by atoms with Crippen LogP contribution in [0.25, 0.3) is 0 Å². The number of rotatable bonds is 21. The number of unbranched alkanes of at least 4 members (excludes halogenated alkanes) is 1. The highest BCUT2D eigenvalue weighted by atomic mass is 19.4. The summed E-state index contributed by atoms with van der Waals surface area (Å²) in [6.45, 7) is 6.81. The van der Waals surface area contributed by atoms with Gasteiger partial charge in [0, 0.05) is 68.2 Å². The van der Waals surface area contributed by atoms with E-state index in [1.165, 1.54) is 29.2 Å². The summed E-state index contributed by atoms with van der Waals surface area (Å²) in [5.41, 5.74) is -0.900. The van der Waals surface area contributed by atoms with Crippen LogP contribution < -0.4 is 20.7 Å². The highest BCUT2D eigenvalue weighted by molar-refractivity contribution is 6.25. The quantitative estimate of drug-likeness (QED) is 0.0714. The van der Waals surface area contributed by atoms with Gasteiger partial charge in [0.15, 0.2) is 6.10 Å². The van der Waals surface area contributed by atoms with Crippen LogP contribution in [0.15, 0.2) is 54.6 Å². The predicted octanol–water partition coefficient (Wildman–Crippen LogP) is 5.29. The molecule has 19 heteroatoms. The number of halogens is 4. The first-order valence-electron chi connectivity index (χ1n) is 20.5. The topological polar surface area (TPSA) is 189 Å². The number of carbonyl (C=O) groups is 5. The molecular weight excluding hydrogens is 833 g/mol. The molecule has 0 aromatic heterocycles. The Bertz CT molecular complexity index is 2250. The maximum atomic E-state index is 15.1. The van der Waals surface area contributed by atoms with Gasteiger partial charge in [-0.3, -0.25) is 34.2 Å². The first kappa shape index (κ1) is 46.4. The second-order valence-corrected chi connectivity index (χ2v) is 15.9. The van der Waals surface area contributed by atoms with Gasteiger partial charge < -0.3 is 34.5 Å². The Morgan fingerprint density at radius 2 is 1.57 bits per heavy atom. The van der Waals surface area contributed by atoms with Crippen LogP contribution in [0, 0.1) is 22.6 Å². The number of benzene rings is 3. The lowest BCUT2D eigenvalue weighted by atomic mass is 9.89. The fourth-order valence-electron chi connectivity index (χ4n) is 7.57. The molecule has 0 radical (unpaired) electrons. The number of carbonyl (C=O) groups excluding carboxylic acids is 5. The Labute approximate surface area is 361 Å².